The van der Waals surface area contributed by atoms with Crippen molar-refractivity contribution in [1.29, 1.82) is 0 Å². The highest BCUT2D eigenvalue weighted by molar-refractivity contribution is 5.81. The van der Waals surface area contributed by atoms with E-state index in [0.29, 0.717) is 0 Å². The number of nitrogens with zero attached hydrogens (tertiary/aromatic N) is 1. The Balaban J connectivity index is 0. The number of rotatable bonds is 3. The second-order valence-electron chi connectivity index (χ2n) is 6.00. The molecule has 1 aromatic heterocycles. The van der Waals surface area contributed by atoms with Crippen LogP contribution in [0, 0.1) is 5.92 Å². The van der Waals surface area contributed by atoms with Gasteiger partial charge in [0, 0.05) is 17.8 Å². The Morgan fingerprint density at radius 1 is 0.870 bits per heavy atom. The minimum atomic E-state index is 0.833. The topological polar surface area (TPSA) is 12.9 Å². The van der Waals surface area contributed by atoms with E-state index in [-0.39, 0.29) is 0 Å². The Morgan fingerprint density at radius 3 is 1.87 bits per heavy atom. The molecule has 1 nitrogen and oxygen atoms in total. The van der Waals surface area contributed by atoms with Gasteiger partial charge in [-0.1, -0.05) is 92.9 Å². The lowest BCUT2D eigenvalue weighted by Gasteiger charge is -1.99. The molecule has 1 heteroatoms. The molecule has 0 atom stereocenters. The number of pyridine rings is 1. The molecule has 2 rings (SSSR count). The third-order valence-corrected chi connectivity index (χ3v) is 2.82. The number of aromatic nitrogens is 1. The predicted molar refractivity (Wildman–Crippen MR) is 108 cm³/mol. The molecule has 2 aromatic rings. The second-order valence-corrected chi connectivity index (χ2v) is 6.00. The average Bonchev–Trinajstić information content (AvgIpc) is 2.57. The van der Waals surface area contributed by atoms with E-state index in [2.05, 4.69) is 70.8 Å². The van der Waals surface area contributed by atoms with Gasteiger partial charge in [-0.2, -0.15) is 0 Å². The van der Waals surface area contributed by atoms with Gasteiger partial charge in [0.05, 0.1) is 0 Å². The highest BCUT2D eigenvalue weighted by atomic mass is 14.6. The Bertz CT molecular complexity index is 469. The van der Waals surface area contributed by atoms with Crippen LogP contribution in [0.15, 0.2) is 36.7 Å². The van der Waals surface area contributed by atoms with Gasteiger partial charge in [-0.25, -0.2) is 0 Å². The third kappa shape index (κ3) is 14.0. The van der Waals surface area contributed by atoms with Crippen molar-refractivity contribution in [3.63, 3.8) is 0 Å². The predicted octanol–water partition coefficient (Wildman–Crippen LogP) is 7.68. The maximum atomic E-state index is 4.07. The zero-order valence-electron chi connectivity index (χ0n) is 16.8. The largest absolute Gasteiger partial charge is 0.264 e. The van der Waals surface area contributed by atoms with Crippen LogP contribution in [0.5, 0.6) is 0 Å². The van der Waals surface area contributed by atoms with E-state index in [4.69, 9.17) is 0 Å². The molecule has 1 aromatic carbocycles. The molecule has 0 fully saturated rings. The van der Waals surface area contributed by atoms with E-state index in [1.165, 1.54) is 35.6 Å². The zero-order valence-corrected chi connectivity index (χ0v) is 16.8. The van der Waals surface area contributed by atoms with Gasteiger partial charge in [0.1, 0.15) is 0 Å². The fraction of sp³-hybridized carbons (Fsp3) is 0.591. The Morgan fingerprint density at radius 2 is 1.43 bits per heavy atom. The molecule has 0 aliphatic carbocycles. The molecule has 0 amide bonds. The van der Waals surface area contributed by atoms with Crippen LogP contribution < -0.4 is 0 Å². The lowest BCUT2D eigenvalue weighted by Crippen LogP contribution is -1.80. The van der Waals surface area contributed by atoms with Crippen molar-refractivity contribution in [1.82, 2.24) is 4.98 Å². The van der Waals surface area contributed by atoms with Gasteiger partial charge in [0.25, 0.3) is 0 Å². The van der Waals surface area contributed by atoms with Gasteiger partial charge in [-0.3, -0.25) is 4.98 Å². The molecule has 132 valence electrons. The Kier molecular flexibility index (Phi) is 17.6. The van der Waals surface area contributed by atoms with E-state index >= 15 is 0 Å². The number of hydrogen-bond donors (Lipinski definition) is 0. The van der Waals surface area contributed by atoms with Crippen LogP contribution in [0.2, 0.25) is 0 Å². The Hall–Kier alpha value is -1.37. The first-order valence-electron chi connectivity index (χ1n) is 9.37. The van der Waals surface area contributed by atoms with Crippen LogP contribution >= 0.6 is 0 Å². The van der Waals surface area contributed by atoms with E-state index in [1.807, 2.05) is 26.2 Å². The Labute approximate surface area is 145 Å². The normalized spacial score (nSPS) is 9.09. The van der Waals surface area contributed by atoms with Crippen LogP contribution in [-0.4, -0.2) is 4.98 Å². The van der Waals surface area contributed by atoms with Crippen LogP contribution in [-0.2, 0) is 6.42 Å². The molecular weight excluding hydrogens is 278 g/mol. The highest BCUT2D eigenvalue weighted by Crippen LogP contribution is 2.14. The molecule has 0 radical (unpaired) electrons. The minimum Gasteiger partial charge on any atom is -0.264 e. The number of aryl methyl sites for hydroxylation is 1. The summed E-state index contributed by atoms with van der Waals surface area (Å²) in [6.45, 7) is 17.1. The zero-order chi connectivity index (χ0) is 18.1. The average molecular weight is 318 g/mol. The summed E-state index contributed by atoms with van der Waals surface area (Å²) in [7, 11) is 0. The highest BCUT2D eigenvalue weighted by Gasteiger charge is 1.92. The minimum absolute atomic E-state index is 0.833. The van der Waals surface area contributed by atoms with Crippen molar-refractivity contribution in [3.8, 4) is 0 Å². The molecule has 0 saturated carbocycles. The van der Waals surface area contributed by atoms with Gasteiger partial charge < -0.3 is 0 Å². The van der Waals surface area contributed by atoms with E-state index < -0.39 is 0 Å². The van der Waals surface area contributed by atoms with E-state index in [0.717, 1.165) is 12.3 Å². The maximum absolute atomic E-state index is 4.07. The summed E-state index contributed by atoms with van der Waals surface area (Å²) < 4.78 is 0. The van der Waals surface area contributed by atoms with Gasteiger partial charge in [-0.15, -0.1) is 0 Å². The molecule has 23 heavy (non-hydrogen) atoms. The van der Waals surface area contributed by atoms with E-state index in [1.54, 1.807) is 0 Å². The quantitative estimate of drug-likeness (QED) is 0.565. The molecule has 1 heterocycles. The van der Waals surface area contributed by atoms with Gasteiger partial charge in [-0.05, 0) is 29.4 Å². The first-order chi connectivity index (χ1) is 11.0. The van der Waals surface area contributed by atoms with Gasteiger partial charge in [0.2, 0.25) is 0 Å². The summed E-state index contributed by atoms with van der Waals surface area (Å²) in [4.78, 5) is 4.07. The number of hydrogen-bond acceptors (Lipinski definition) is 1. The molecule has 0 N–H and O–H groups in total. The lowest BCUT2D eigenvalue weighted by atomic mass is 10.1. The first kappa shape index (κ1) is 23.9. The van der Waals surface area contributed by atoms with Crippen LogP contribution in [0.25, 0.3) is 10.8 Å². The van der Waals surface area contributed by atoms with Crippen molar-refractivity contribution in [2.24, 2.45) is 5.92 Å². The van der Waals surface area contributed by atoms with Crippen molar-refractivity contribution in [3.05, 3.63) is 42.2 Å². The van der Waals surface area contributed by atoms with Crippen LogP contribution in [0.3, 0.4) is 0 Å². The molecule has 0 unspecified atom stereocenters. The molecule has 0 aliphatic heterocycles. The van der Waals surface area contributed by atoms with Gasteiger partial charge in [0.15, 0.2) is 0 Å². The lowest BCUT2D eigenvalue weighted by molar-refractivity contribution is 0.737. The van der Waals surface area contributed by atoms with Crippen LogP contribution in [0.4, 0.5) is 0 Å². The van der Waals surface area contributed by atoms with Crippen molar-refractivity contribution in [2.45, 2.75) is 81.1 Å². The SMILES string of the molecule is CC.CC(C)C.CCCCC.CCc1ccc2cnccc2c1. The summed E-state index contributed by atoms with van der Waals surface area (Å²) in [5.74, 6) is 0.833. The monoisotopic (exact) mass is 317 g/mol. The van der Waals surface area contributed by atoms with E-state index in [9.17, 15) is 0 Å². The fourth-order valence-corrected chi connectivity index (χ4v) is 1.71. The van der Waals surface area contributed by atoms with Crippen molar-refractivity contribution < 1.29 is 0 Å². The molecule has 0 aliphatic rings. The van der Waals surface area contributed by atoms with Crippen molar-refractivity contribution in [2.75, 3.05) is 0 Å². The molecule has 0 saturated heterocycles. The third-order valence-electron chi connectivity index (χ3n) is 2.82. The van der Waals surface area contributed by atoms with Gasteiger partial charge >= 0.3 is 0 Å². The molecule has 0 bridgehead atoms. The number of fused-ring (bicyclic) bond motifs is 1. The molecular formula is C22H39N. The maximum Gasteiger partial charge on any atom is 0.0346 e. The number of unbranched alkanes of at least 4 members (excludes halogenated alkanes) is 2. The second kappa shape index (κ2) is 17.0. The molecule has 0 spiro atoms. The summed E-state index contributed by atoms with van der Waals surface area (Å²) in [5.41, 5.74) is 1.38. The smallest absolute Gasteiger partial charge is 0.0346 e. The summed E-state index contributed by atoms with van der Waals surface area (Å²) >= 11 is 0. The fourth-order valence-electron chi connectivity index (χ4n) is 1.71. The number of benzene rings is 1. The standard InChI is InChI=1S/C11H11N.C5H12.C4H10.C2H6/c1-2-9-3-4-11-8-12-6-5-10(11)7-9;1-3-5-4-2;1-4(2)3;1-2/h3-8H,2H2,1H3;3-5H2,1-2H3;4H,1-3H3;1-2H3. The summed E-state index contributed by atoms with van der Waals surface area (Å²) in [6, 6.07) is 8.55. The van der Waals surface area contributed by atoms with Crippen molar-refractivity contribution >= 4 is 10.8 Å². The summed E-state index contributed by atoms with van der Waals surface area (Å²) in [5, 5.41) is 2.50. The first-order valence-corrected chi connectivity index (χ1v) is 9.37. The van der Waals surface area contributed by atoms with Crippen LogP contribution in [0.1, 0.15) is 80.2 Å². The summed E-state index contributed by atoms with van der Waals surface area (Å²) in [6.07, 6.45) is 8.90.